The van der Waals surface area contributed by atoms with Gasteiger partial charge in [-0.25, -0.2) is 17.5 Å². The highest BCUT2D eigenvalue weighted by Crippen LogP contribution is 2.19. The van der Waals surface area contributed by atoms with Crippen LogP contribution in [-0.2, 0) is 21.4 Å². The summed E-state index contributed by atoms with van der Waals surface area (Å²) in [6.45, 7) is 1.22. The number of benzene rings is 2. The zero-order chi connectivity index (χ0) is 17.7. The van der Waals surface area contributed by atoms with E-state index in [-0.39, 0.29) is 11.4 Å². The molecule has 0 heterocycles. The molecule has 128 valence electrons. The Morgan fingerprint density at radius 1 is 1.21 bits per heavy atom. The number of amides is 1. The van der Waals surface area contributed by atoms with Crippen LogP contribution in [0.3, 0.4) is 0 Å². The highest BCUT2D eigenvalue weighted by Gasteiger charge is 2.16. The molecule has 0 fully saturated rings. The van der Waals surface area contributed by atoms with Gasteiger partial charge in [-0.2, -0.15) is 0 Å². The predicted molar refractivity (Wildman–Crippen MR) is 89.6 cm³/mol. The van der Waals surface area contributed by atoms with Crippen LogP contribution in [0.4, 0.5) is 4.39 Å². The van der Waals surface area contributed by atoms with Crippen LogP contribution in [0.2, 0.25) is 5.02 Å². The van der Waals surface area contributed by atoms with Crippen molar-refractivity contribution in [1.82, 2.24) is 10.0 Å². The Morgan fingerprint density at radius 2 is 1.92 bits per heavy atom. The van der Waals surface area contributed by atoms with Gasteiger partial charge in [0.15, 0.2) is 0 Å². The Hall–Kier alpha value is -1.96. The Bertz CT molecular complexity index is 856. The summed E-state index contributed by atoms with van der Waals surface area (Å²) in [7, 11) is -3.83. The summed E-state index contributed by atoms with van der Waals surface area (Å²) in [5, 5.41) is 2.91. The molecule has 0 bridgehead atoms. The lowest BCUT2D eigenvalue weighted by molar-refractivity contribution is -0.120. The van der Waals surface area contributed by atoms with Gasteiger partial charge in [0.25, 0.3) is 0 Å². The second-order valence-corrected chi connectivity index (χ2v) is 7.28. The third-order valence-corrected chi connectivity index (χ3v) is 5.12. The lowest BCUT2D eigenvalue weighted by Crippen LogP contribution is -2.36. The van der Waals surface area contributed by atoms with Crippen molar-refractivity contribution < 1.29 is 17.6 Å². The maximum absolute atomic E-state index is 13.4. The summed E-state index contributed by atoms with van der Waals surface area (Å²) in [5.74, 6) is -0.998. The lowest BCUT2D eigenvalue weighted by atomic mass is 10.2. The maximum atomic E-state index is 13.4. The smallest absolute Gasteiger partial charge is 0.241 e. The summed E-state index contributed by atoms with van der Waals surface area (Å²) >= 11 is 5.86. The van der Waals surface area contributed by atoms with Gasteiger partial charge in [0.1, 0.15) is 5.82 Å². The Labute approximate surface area is 144 Å². The van der Waals surface area contributed by atoms with Gasteiger partial charge < -0.3 is 5.32 Å². The van der Waals surface area contributed by atoms with E-state index in [0.717, 1.165) is 0 Å². The van der Waals surface area contributed by atoms with E-state index >= 15 is 0 Å². The SMILES string of the molecule is Cc1cc(S(=O)(=O)NCC(=O)NCc2ccccc2F)ccc1Cl. The fourth-order valence-corrected chi connectivity index (χ4v) is 3.11. The van der Waals surface area contributed by atoms with Crippen molar-refractivity contribution in [2.24, 2.45) is 0 Å². The molecule has 2 N–H and O–H groups in total. The number of hydrogen-bond acceptors (Lipinski definition) is 3. The molecule has 8 heteroatoms. The van der Waals surface area contributed by atoms with Crippen LogP contribution in [0.1, 0.15) is 11.1 Å². The van der Waals surface area contributed by atoms with Crippen LogP contribution in [0, 0.1) is 12.7 Å². The molecule has 0 aliphatic rings. The second-order valence-electron chi connectivity index (χ2n) is 5.10. The number of halogens is 2. The van der Waals surface area contributed by atoms with Crippen molar-refractivity contribution >= 4 is 27.5 Å². The van der Waals surface area contributed by atoms with Gasteiger partial charge in [-0.15, -0.1) is 0 Å². The molecule has 2 rings (SSSR count). The summed E-state index contributed by atoms with van der Waals surface area (Å²) in [5.41, 5.74) is 0.936. The first-order chi connectivity index (χ1) is 11.3. The highest BCUT2D eigenvalue weighted by molar-refractivity contribution is 7.89. The minimum atomic E-state index is -3.83. The largest absolute Gasteiger partial charge is 0.351 e. The van der Waals surface area contributed by atoms with Gasteiger partial charge in [0, 0.05) is 17.1 Å². The molecule has 0 atom stereocenters. The number of nitrogens with one attached hydrogen (secondary N) is 2. The van der Waals surface area contributed by atoms with Crippen LogP contribution in [0.15, 0.2) is 47.4 Å². The van der Waals surface area contributed by atoms with Gasteiger partial charge in [-0.05, 0) is 36.8 Å². The Kier molecular flexibility index (Phi) is 5.93. The summed E-state index contributed by atoms with van der Waals surface area (Å²) in [6, 6.07) is 10.3. The van der Waals surface area contributed by atoms with Crippen LogP contribution < -0.4 is 10.0 Å². The van der Waals surface area contributed by atoms with E-state index in [4.69, 9.17) is 11.6 Å². The molecule has 0 spiro atoms. The maximum Gasteiger partial charge on any atom is 0.241 e. The molecule has 0 radical (unpaired) electrons. The predicted octanol–water partition coefficient (Wildman–Crippen LogP) is 2.38. The van der Waals surface area contributed by atoms with E-state index in [9.17, 15) is 17.6 Å². The molecule has 1 amide bonds. The van der Waals surface area contributed by atoms with Crippen molar-refractivity contribution in [3.05, 3.63) is 64.4 Å². The molecule has 0 aromatic heterocycles. The van der Waals surface area contributed by atoms with E-state index < -0.39 is 28.3 Å². The third-order valence-electron chi connectivity index (χ3n) is 3.30. The van der Waals surface area contributed by atoms with E-state index in [1.54, 1.807) is 19.1 Å². The molecule has 2 aromatic rings. The molecule has 2 aromatic carbocycles. The normalized spacial score (nSPS) is 11.3. The lowest BCUT2D eigenvalue weighted by Gasteiger charge is -2.09. The molecule has 0 aliphatic carbocycles. The topological polar surface area (TPSA) is 75.3 Å². The molecule has 0 unspecified atom stereocenters. The number of carbonyl (C=O) groups excluding carboxylic acids is 1. The van der Waals surface area contributed by atoms with Gasteiger partial charge >= 0.3 is 0 Å². The molecule has 0 saturated carbocycles. The van der Waals surface area contributed by atoms with Crippen molar-refractivity contribution in [1.29, 1.82) is 0 Å². The number of sulfonamides is 1. The quantitative estimate of drug-likeness (QED) is 0.819. The zero-order valence-corrected chi connectivity index (χ0v) is 14.4. The van der Waals surface area contributed by atoms with E-state index in [2.05, 4.69) is 10.0 Å². The number of hydrogen-bond donors (Lipinski definition) is 2. The first kappa shape index (κ1) is 18.4. The molecule has 24 heavy (non-hydrogen) atoms. The van der Waals surface area contributed by atoms with E-state index in [1.165, 1.54) is 30.3 Å². The van der Waals surface area contributed by atoms with Crippen molar-refractivity contribution in [2.45, 2.75) is 18.4 Å². The molecule has 5 nitrogen and oxygen atoms in total. The van der Waals surface area contributed by atoms with Gasteiger partial charge in [-0.1, -0.05) is 29.8 Å². The monoisotopic (exact) mass is 370 g/mol. The minimum absolute atomic E-state index is 0.0197. The zero-order valence-electron chi connectivity index (χ0n) is 12.8. The fraction of sp³-hybridized carbons (Fsp3) is 0.188. The van der Waals surface area contributed by atoms with Crippen LogP contribution in [-0.4, -0.2) is 20.9 Å². The molecule has 0 aliphatic heterocycles. The Morgan fingerprint density at radius 3 is 2.58 bits per heavy atom. The van der Waals surface area contributed by atoms with Gasteiger partial charge in [0.2, 0.25) is 15.9 Å². The van der Waals surface area contributed by atoms with Gasteiger partial charge in [0.05, 0.1) is 11.4 Å². The summed E-state index contributed by atoms with van der Waals surface area (Å²) < 4.78 is 39.9. The third kappa shape index (κ3) is 4.77. The minimum Gasteiger partial charge on any atom is -0.351 e. The first-order valence-corrected chi connectivity index (χ1v) is 8.91. The van der Waals surface area contributed by atoms with Crippen LogP contribution in [0.25, 0.3) is 0 Å². The summed E-state index contributed by atoms with van der Waals surface area (Å²) in [6.07, 6.45) is 0. The molecular formula is C16H16ClFN2O3S. The first-order valence-electron chi connectivity index (χ1n) is 7.05. The van der Waals surface area contributed by atoms with Crippen molar-refractivity contribution in [3.63, 3.8) is 0 Å². The average Bonchev–Trinajstić information content (AvgIpc) is 2.54. The van der Waals surface area contributed by atoms with Crippen LogP contribution in [0.5, 0.6) is 0 Å². The van der Waals surface area contributed by atoms with Crippen molar-refractivity contribution in [2.75, 3.05) is 6.54 Å². The summed E-state index contributed by atoms with van der Waals surface area (Å²) in [4.78, 5) is 11.8. The number of carbonyl (C=O) groups is 1. The van der Waals surface area contributed by atoms with E-state index in [1.807, 2.05) is 0 Å². The fourth-order valence-electron chi connectivity index (χ4n) is 1.93. The number of aryl methyl sites for hydroxylation is 1. The standard InChI is InChI=1S/C16H16ClFN2O3S/c1-11-8-13(6-7-14(11)17)24(22,23)20-10-16(21)19-9-12-4-2-3-5-15(12)18/h2-8,20H,9-10H2,1H3,(H,19,21). The van der Waals surface area contributed by atoms with Crippen LogP contribution >= 0.6 is 11.6 Å². The molecular weight excluding hydrogens is 355 g/mol. The molecule has 0 saturated heterocycles. The average molecular weight is 371 g/mol. The highest BCUT2D eigenvalue weighted by atomic mass is 35.5. The Balaban J connectivity index is 1.93. The van der Waals surface area contributed by atoms with Crippen molar-refractivity contribution in [3.8, 4) is 0 Å². The second kappa shape index (κ2) is 7.74. The number of rotatable bonds is 6. The van der Waals surface area contributed by atoms with Gasteiger partial charge in [-0.3, -0.25) is 4.79 Å². The van der Waals surface area contributed by atoms with E-state index in [0.29, 0.717) is 16.1 Å².